The van der Waals surface area contributed by atoms with Crippen LogP contribution in [0.5, 0.6) is 5.88 Å². The lowest BCUT2D eigenvalue weighted by atomic mass is 10.2. The minimum absolute atomic E-state index is 0.0799. The lowest BCUT2D eigenvalue weighted by molar-refractivity contribution is -0.154. The number of aliphatic imine (C=N–C) groups is 1. The van der Waals surface area contributed by atoms with Crippen LogP contribution in [0.2, 0.25) is 0 Å². The number of hydrogen-bond acceptors (Lipinski definition) is 5. The van der Waals surface area contributed by atoms with Crippen LogP contribution in [0.4, 0.5) is 18.0 Å². The summed E-state index contributed by atoms with van der Waals surface area (Å²) in [6.07, 6.45) is -2.83. The third-order valence-corrected chi connectivity index (χ3v) is 4.08. The second kappa shape index (κ2) is 9.86. The highest BCUT2D eigenvalue weighted by Gasteiger charge is 2.30. The van der Waals surface area contributed by atoms with E-state index in [4.69, 9.17) is 9.47 Å². The lowest BCUT2D eigenvalue weighted by Gasteiger charge is -2.23. The summed E-state index contributed by atoms with van der Waals surface area (Å²) in [6, 6.07) is 3.16. The van der Waals surface area contributed by atoms with Gasteiger partial charge in [-0.3, -0.25) is 4.99 Å². The molecule has 0 spiro atoms. The average molecular weight is 431 g/mol. The van der Waals surface area contributed by atoms with Gasteiger partial charge >= 0.3 is 12.3 Å². The van der Waals surface area contributed by atoms with E-state index in [0.29, 0.717) is 31.0 Å². The molecule has 8 nitrogen and oxygen atoms in total. The fraction of sp³-hybridized carbons (Fsp3) is 0.632. The summed E-state index contributed by atoms with van der Waals surface area (Å²) < 4.78 is 47.4. The molecule has 2 rings (SSSR count). The number of nitrogens with zero attached hydrogens (tertiary/aromatic N) is 3. The van der Waals surface area contributed by atoms with Gasteiger partial charge in [0.05, 0.1) is 6.04 Å². The molecule has 0 aliphatic carbocycles. The second-order valence-corrected chi connectivity index (χ2v) is 7.85. The molecule has 0 saturated carbocycles. The number of amides is 1. The summed E-state index contributed by atoms with van der Waals surface area (Å²) in [7, 11) is 1.61. The van der Waals surface area contributed by atoms with E-state index in [0.717, 1.165) is 0 Å². The van der Waals surface area contributed by atoms with E-state index in [9.17, 15) is 18.0 Å². The van der Waals surface area contributed by atoms with E-state index in [-0.39, 0.29) is 18.5 Å². The number of pyridine rings is 1. The molecular formula is C19H28F3N5O3. The van der Waals surface area contributed by atoms with Crippen molar-refractivity contribution in [3.63, 3.8) is 0 Å². The van der Waals surface area contributed by atoms with Crippen molar-refractivity contribution < 1.29 is 27.4 Å². The van der Waals surface area contributed by atoms with Crippen molar-refractivity contribution in [2.24, 2.45) is 4.99 Å². The number of carbonyl (C=O) groups excluding carboxylic acids is 1. The van der Waals surface area contributed by atoms with E-state index in [1.807, 2.05) is 4.90 Å². The number of alkyl halides is 3. The van der Waals surface area contributed by atoms with Crippen molar-refractivity contribution in [2.45, 2.75) is 51.6 Å². The maximum Gasteiger partial charge on any atom is 0.422 e. The second-order valence-electron chi connectivity index (χ2n) is 7.85. The van der Waals surface area contributed by atoms with Gasteiger partial charge in [0.25, 0.3) is 0 Å². The van der Waals surface area contributed by atoms with E-state index in [2.05, 4.69) is 20.6 Å². The molecule has 1 atom stereocenters. The molecule has 1 aromatic heterocycles. The minimum Gasteiger partial charge on any atom is -0.468 e. The zero-order valence-corrected chi connectivity index (χ0v) is 17.5. The van der Waals surface area contributed by atoms with E-state index in [1.165, 1.54) is 6.20 Å². The Hall–Kier alpha value is -2.72. The number of guanidine groups is 1. The van der Waals surface area contributed by atoms with Gasteiger partial charge in [0.2, 0.25) is 5.88 Å². The van der Waals surface area contributed by atoms with Crippen LogP contribution in [0.15, 0.2) is 23.3 Å². The van der Waals surface area contributed by atoms with Crippen LogP contribution in [0, 0.1) is 0 Å². The summed E-state index contributed by atoms with van der Waals surface area (Å²) in [5.41, 5.74) is -0.0965. The summed E-state index contributed by atoms with van der Waals surface area (Å²) in [6.45, 7) is 5.36. The first-order valence-corrected chi connectivity index (χ1v) is 9.55. The number of nitrogens with one attached hydrogen (secondary N) is 2. The standard InChI is InChI=1S/C19H28F3N5O3/c1-18(2,3)30-17(28)26-14-7-9-27(11-14)16(23-4)25-10-13-6-5-8-24-15(13)29-12-19(20,21)22/h5-6,8,14H,7,9-12H2,1-4H3,(H,23,25)(H,26,28). The number of carbonyl (C=O) groups is 1. The summed E-state index contributed by atoms with van der Waals surface area (Å²) >= 11 is 0. The summed E-state index contributed by atoms with van der Waals surface area (Å²) in [5.74, 6) is 0.484. The van der Waals surface area contributed by atoms with E-state index < -0.39 is 24.5 Å². The molecule has 1 aliphatic heterocycles. The molecule has 1 unspecified atom stereocenters. The Morgan fingerprint density at radius 3 is 2.73 bits per heavy atom. The smallest absolute Gasteiger partial charge is 0.422 e. The van der Waals surface area contributed by atoms with Crippen molar-refractivity contribution >= 4 is 12.1 Å². The number of rotatable bonds is 5. The van der Waals surface area contributed by atoms with Gasteiger partial charge in [0.1, 0.15) is 5.60 Å². The normalized spacial score (nSPS) is 17.6. The zero-order valence-electron chi connectivity index (χ0n) is 17.5. The van der Waals surface area contributed by atoms with Crippen molar-refractivity contribution in [3.05, 3.63) is 23.9 Å². The molecule has 0 radical (unpaired) electrons. The Labute approximate surface area is 173 Å². The van der Waals surface area contributed by atoms with Crippen LogP contribution >= 0.6 is 0 Å². The monoisotopic (exact) mass is 431 g/mol. The Kier molecular flexibility index (Phi) is 7.74. The Bertz CT molecular complexity index is 750. The first-order chi connectivity index (χ1) is 14.0. The van der Waals surface area contributed by atoms with Gasteiger partial charge < -0.3 is 25.0 Å². The molecular weight excluding hydrogens is 403 g/mol. The first kappa shape index (κ1) is 23.6. The molecule has 1 fully saturated rings. The van der Waals surface area contributed by atoms with Crippen molar-refractivity contribution in [1.82, 2.24) is 20.5 Å². The van der Waals surface area contributed by atoms with Crippen molar-refractivity contribution in [2.75, 3.05) is 26.7 Å². The lowest BCUT2D eigenvalue weighted by Crippen LogP contribution is -2.44. The summed E-state index contributed by atoms with van der Waals surface area (Å²) in [5, 5.41) is 5.94. The number of aromatic nitrogens is 1. The molecule has 0 bridgehead atoms. The predicted octanol–water partition coefficient (Wildman–Crippen LogP) is 2.70. The highest BCUT2D eigenvalue weighted by molar-refractivity contribution is 5.80. The van der Waals surface area contributed by atoms with Crippen LogP contribution in [-0.4, -0.2) is 66.5 Å². The molecule has 30 heavy (non-hydrogen) atoms. The molecule has 168 valence electrons. The molecule has 2 N–H and O–H groups in total. The maximum absolute atomic E-state index is 12.4. The van der Waals surface area contributed by atoms with Crippen LogP contribution in [-0.2, 0) is 11.3 Å². The number of hydrogen-bond donors (Lipinski definition) is 2. The highest BCUT2D eigenvalue weighted by atomic mass is 19.4. The predicted molar refractivity (Wildman–Crippen MR) is 105 cm³/mol. The first-order valence-electron chi connectivity index (χ1n) is 9.55. The third kappa shape index (κ3) is 7.96. The van der Waals surface area contributed by atoms with Gasteiger partial charge in [-0.25, -0.2) is 9.78 Å². The van der Waals surface area contributed by atoms with Crippen LogP contribution in [0.1, 0.15) is 32.8 Å². The molecule has 1 aliphatic rings. The average Bonchev–Trinajstić information content (AvgIpc) is 3.07. The molecule has 1 amide bonds. The Balaban J connectivity index is 1.89. The van der Waals surface area contributed by atoms with Gasteiger partial charge in [-0.2, -0.15) is 13.2 Å². The Morgan fingerprint density at radius 1 is 1.37 bits per heavy atom. The summed E-state index contributed by atoms with van der Waals surface area (Å²) in [4.78, 5) is 22.0. The van der Waals surface area contributed by atoms with Gasteiger partial charge in [0, 0.05) is 38.4 Å². The maximum atomic E-state index is 12.4. The van der Waals surface area contributed by atoms with Gasteiger partial charge in [-0.15, -0.1) is 0 Å². The number of alkyl carbamates (subject to hydrolysis) is 1. The largest absolute Gasteiger partial charge is 0.468 e. The molecule has 11 heteroatoms. The van der Waals surface area contributed by atoms with E-state index >= 15 is 0 Å². The zero-order chi connectivity index (χ0) is 22.4. The van der Waals surface area contributed by atoms with Gasteiger partial charge in [-0.1, -0.05) is 6.07 Å². The number of likely N-dealkylation sites (tertiary alicyclic amines) is 1. The Morgan fingerprint density at radius 2 is 2.10 bits per heavy atom. The molecule has 1 saturated heterocycles. The van der Waals surface area contributed by atoms with Gasteiger partial charge in [-0.05, 0) is 33.3 Å². The highest BCUT2D eigenvalue weighted by Crippen LogP contribution is 2.20. The van der Waals surface area contributed by atoms with E-state index in [1.54, 1.807) is 40.0 Å². The van der Waals surface area contributed by atoms with Crippen molar-refractivity contribution in [1.29, 1.82) is 0 Å². The van der Waals surface area contributed by atoms with Gasteiger partial charge in [0.15, 0.2) is 12.6 Å². The fourth-order valence-corrected chi connectivity index (χ4v) is 2.89. The molecule has 1 aromatic rings. The number of halogens is 3. The minimum atomic E-state index is -4.44. The fourth-order valence-electron chi connectivity index (χ4n) is 2.89. The quantitative estimate of drug-likeness (QED) is 0.551. The number of ether oxygens (including phenoxy) is 2. The molecule has 0 aromatic carbocycles. The molecule has 2 heterocycles. The van der Waals surface area contributed by atoms with Crippen LogP contribution in [0.25, 0.3) is 0 Å². The van der Waals surface area contributed by atoms with Crippen LogP contribution < -0.4 is 15.4 Å². The third-order valence-electron chi connectivity index (χ3n) is 4.08. The van der Waals surface area contributed by atoms with Crippen molar-refractivity contribution in [3.8, 4) is 5.88 Å². The topological polar surface area (TPSA) is 88.1 Å². The van der Waals surface area contributed by atoms with Crippen LogP contribution in [0.3, 0.4) is 0 Å². The SMILES string of the molecule is CN=C(NCc1cccnc1OCC(F)(F)F)N1CCC(NC(=O)OC(C)(C)C)C1.